The number of benzene rings is 1. The van der Waals surface area contributed by atoms with E-state index in [-0.39, 0.29) is 5.41 Å². The minimum atomic E-state index is 0.232. The van der Waals surface area contributed by atoms with Crippen molar-refractivity contribution < 1.29 is 0 Å². The summed E-state index contributed by atoms with van der Waals surface area (Å²) in [5, 5.41) is 0. The average molecular weight is 236 g/mol. The van der Waals surface area contributed by atoms with E-state index < -0.39 is 0 Å². The summed E-state index contributed by atoms with van der Waals surface area (Å²) < 4.78 is 0. The summed E-state index contributed by atoms with van der Waals surface area (Å²) >= 11 is 0. The van der Waals surface area contributed by atoms with Crippen LogP contribution in [0.25, 0.3) is 6.08 Å². The summed E-state index contributed by atoms with van der Waals surface area (Å²) in [7, 11) is 0. The predicted octanol–water partition coefficient (Wildman–Crippen LogP) is 5.10. The van der Waals surface area contributed by atoms with Gasteiger partial charge in [0.25, 0.3) is 0 Å². The van der Waals surface area contributed by atoms with Crippen LogP contribution in [0.2, 0.25) is 0 Å². The molecule has 2 unspecified atom stereocenters. The molecule has 1 aromatic carbocycles. The second-order valence-electron chi connectivity index (χ2n) is 5.53. The topological polar surface area (TPSA) is 0 Å². The minimum absolute atomic E-state index is 0.232. The predicted molar refractivity (Wildman–Crippen MR) is 78.5 cm³/mol. The van der Waals surface area contributed by atoms with E-state index in [1.807, 2.05) is 0 Å². The fourth-order valence-electron chi connectivity index (χ4n) is 3.29. The molecule has 0 saturated heterocycles. The maximum atomic E-state index is 2.41. The third-order valence-corrected chi connectivity index (χ3v) is 4.65. The van der Waals surface area contributed by atoms with Crippen molar-refractivity contribution in [2.45, 2.75) is 32.6 Å². The lowest BCUT2D eigenvalue weighted by molar-refractivity contribution is 0.351. The third kappa shape index (κ3) is 1.59. The van der Waals surface area contributed by atoms with Gasteiger partial charge in [-0.1, -0.05) is 68.5 Å². The van der Waals surface area contributed by atoms with Gasteiger partial charge in [0, 0.05) is 11.3 Å². The van der Waals surface area contributed by atoms with Crippen LogP contribution in [-0.2, 0) is 0 Å². The van der Waals surface area contributed by atoms with Crippen LogP contribution < -0.4 is 0 Å². The molecule has 0 nitrogen and oxygen atoms in total. The van der Waals surface area contributed by atoms with E-state index in [9.17, 15) is 0 Å². The van der Waals surface area contributed by atoms with Gasteiger partial charge in [-0.3, -0.25) is 0 Å². The first kappa shape index (κ1) is 11.5. The first-order chi connectivity index (χ1) is 8.75. The SMILES string of the molecule is CCC(C)(C1=CCC=C1)C1C=Cc2ccccc21. The monoisotopic (exact) mass is 236 g/mol. The molecule has 2 aliphatic rings. The van der Waals surface area contributed by atoms with Gasteiger partial charge in [0.15, 0.2) is 0 Å². The Balaban J connectivity index is 2.04. The molecule has 92 valence electrons. The number of rotatable bonds is 3. The zero-order valence-corrected chi connectivity index (χ0v) is 11.2. The fourth-order valence-corrected chi connectivity index (χ4v) is 3.29. The molecule has 0 saturated carbocycles. The molecular weight excluding hydrogens is 216 g/mol. The van der Waals surface area contributed by atoms with E-state index in [0.29, 0.717) is 5.92 Å². The van der Waals surface area contributed by atoms with Crippen LogP contribution in [-0.4, -0.2) is 0 Å². The molecule has 0 amide bonds. The average Bonchev–Trinajstić information content (AvgIpc) is 3.07. The molecule has 0 N–H and O–H groups in total. The van der Waals surface area contributed by atoms with E-state index in [1.165, 1.54) is 23.1 Å². The summed E-state index contributed by atoms with van der Waals surface area (Å²) in [5.74, 6) is 0.521. The summed E-state index contributed by atoms with van der Waals surface area (Å²) in [5.41, 5.74) is 4.62. The van der Waals surface area contributed by atoms with Gasteiger partial charge in [-0.05, 0) is 29.5 Å². The Morgan fingerprint density at radius 3 is 2.78 bits per heavy atom. The molecule has 18 heavy (non-hydrogen) atoms. The fraction of sp³-hybridized carbons (Fsp3) is 0.333. The quantitative estimate of drug-likeness (QED) is 0.685. The van der Waals surface area contributed by atoms with Crippen LogP contribution in [0.4, 0.5) is 0 Å². The number of hydrogen-bond donors (Lipinski definition) is 0. The lowest BCUT2D eigenvalue weighted by atomic mass is 9.68. The highest BCUT2D eigenvalue weighted by molar-refractivity contribution is 5.64. The van der Waals surface area contributed by atoms with Gasteiger partial charge < -0.3 is 0 Å². The van der Waals surface area contributed by atoms with Crippen molar-refractivity contribution in [3.05, 3.63) is 65.3 Å². The largest absolute Gasteiger partial charge is 0.0804 e. The van der Waals surface area contributed by atoms with Gasteiger partial charge in [-0.25, -0.2) is 0 Å². The highest BCUT2D eigenvalue weighted by Crippen LogP contribution is 2.50. The zero-order valence-electron chi connectivity index (χ0n) is 11.2. The van der Waals surface area contributed by atoms with E-state index in [2.05, 4.69) is 68.5 Å². The molecule has 0 heteroatoms. The maximum absolute atomic E-state index is 2.41. The van der Waals surface area contributed by atoms with Crippen molar-refractivity contribution in [2.24, 2.45) is 5.41 Å². The van der Waals surface area contributed by atoms with E-state index in [1.54, 1.807) is 0 Å². The molecule has 0 bridgehead atoms. The van der Waals surface area contributed by atoms with E-state index in [4.69, 9.17) is 0 Å². The molecule has 0 radical (unpaired) electrons. The standard InChI is InChI=1S/C18H20/c1-3-18(2,15-9-5-6-10-15)17-13-12-14-8-4-7-11-16(14)17/h4-5,7-13,17H,3,6H2,1-2H3. The molecule has 3 rings (SSSR count). The maximum Gasteiger partial charge on any atom is 0.0121 e. The summed E-state index contributed by atoms with van der Waals surface area (Å²) in [4.78, 5) is 0. The van der Waals surface area contributed by atoms with Gasteiger partial charge in [-0.2, -0.15) is 0 Å². The molecule has 2 aliphatic carbocycles. The van der Waals surface area contributed by atoms with Crippen molar-refractivity contribution in [3.8, 4) is 0 Å². The lowest BCUT2D eigenvalue weighted by Gasteiger charge is -2.35. The summed E-state index contributed by atoms with van der Waals surface area (Å²) in [6.45, 7) is 4.72. The lowest BCUT2D eigenvalue weighted by Crippen LogP contribution is -2.24. The first-order valence-corrected chi connectivity index (χ1v) is 6.90. The van der Waals surface area contributed by atoms with Crippen molar-refractivity contribution in [1.29, 1.82) is 0 Å². The normalized spacial score (nSPS) is 23.9. The molecular formula is C18H20. The van der Waals surface area contributed by atoms with Gasteiger partial charge in [0.1, 0.15) is 0 Å². The number of hydrogen-bond acceptors (Lipinski definition) is 0. The Labute approximate surface area is 110 Å². The molecule has 2 atom stereocenters. The smallest absolute Gasteiger partial charge is 0.0121 e. The van der Waals surface area contributed by atoms with Crippen LogP contribution in [0.3, 0.4) is 0 Å². The van der Waals surface area contributed by atoms with Gasteiger partial charge in [-0.15, -0.1) is 0 Å². The Morgan fingerprint density at radius 2 is 2.06 bits per heavy atom. The van der Waals surface area contributed by atoms with Crippen LogP contribution in [0.15, 0.2) is 54.1 Å². The molecule has 1 aromatic rings. The summed E-state index contributed by atoms with van der Waals surface area (Å²) in [6.07, 6.45) is 13.9. The van der Waals surface area contributed by atoms with Gasteiger partial charge in [0.2, 0.25) is 0 Å². The molecule has 0 aromatic heterocycles. The second kappa shape index (κ2) is 4.28. The number of allylic oxidation sites excluding steroid dienone is 5. The van der Waals surface area contributed by atoms with Crippen LogP contribution in [0, 0.1) is 5.41 Å². The van der Waals surface area contributed by atoms with E-state index in [0.717, 1.165) is 6.42 Å². The second-order valence-corrected chi connectivity index (χ2v) is 5.53. The highest BCUT2D eigenvalue weighted by Gasteiger charge is 2.37. The van der Waals surface area contributed by atoms with Crippen LogP contribution in [0.1, 0.15) is 43.7 Å². The van der Waals surface area contributed by atoms with Crippen LogP contribution in [0.5, 0.6) is 0 Å². The number of fused-ring (bicyclic) bond motifs is 1. The highest BCUT2D eigenvalue weighted by atomic mass is 14.4. The molecule has 0 fully saturated rings. The van der Waals surface area contributed by atoms with Crippen molar-refractivity contribution in [3.63, 3.8) is 0 Å². The van der Waals surface area contributed by atoms with Crippen molar-refractivity contribution >= 4 is 6.08 Å². The van der Waals surface area contributed by atoms with Gasteiger partial charge >= 0.3 is 0 Å². The first-order valence-electron chi connectivity index (χ1n) is 6.90. The minimum Gasteiger partial charge on any atom is -0.0804 e. The van der Waals surface area contributed by atoms with Crippen molar-refractivity contribution in [1.82, 2.24) is 0 Å². The molecule has 0 heterocycles. The van der Waals surface area contributed by atoms with Gasteiger partial charge in [0.05, 0.1) is 0 Å². The Bertz CT molecular complexity index is 545. The summed E-state index contributed by atoms with van der Waals surface area (Å²) in [6, 6.07) is 8.80. The Kier molecular flexibility index (Phi) is 2.74. The van der Waals surface area contributed by atoms with E-state index >= 15 is 0 Å². The molecule has 0 aliphatic heterocycles. The Hall–Kier alpha value is -1.56. The zero-order chi connectivity index (χ0) is 12.6. The third-order valence-electron chi connectivity index (χ3n) is 4.65. The van der Waals surface area contributed by atoms with Crippen LogP contribution >= 0.6 is 0 Å². The Morgan fingerprint density at radius 1 is 1.22 bits per heavy atom. The molecule has 0 spiro atoms. The van der Waals surface area contributed by atoms with Crippen molar-refractivity contribution in [2.75, 3.05) is 0 Å².